The van der Waals surface area contributed by atoms with Gasteiger partial charge in [0, 0.05) is 23.9 Å². The smallest absolute Gasteiger partial charge is 0.311 e. The number of hydrogen-bond donors (Lipinski definition) is 3. The zero-order chi connectivity index (χ0) is 23.5. The van der Waals surface area contributed by atoms with E-state index in [1.807, 2.05) is 54.6 Å². The van der Waals surface area contributed by atoms with E-state index in [0.717, 1.165) is 15.9 Å². The predicted molar refractivity (Wildman–Crippen MR) is 131 cm³/mol. The lowest BCUT2D eigenvalue weighted by Gasteiger charge is -2.10. The van der Waals surface area contributed by atoms with Crippen molar-refractivity contribution < 1.29 is 4.79 Å². The summed E-state index contributed by atoms with van der Waals surface area (Å²) in [4.78, 5) is 45.1. The van der Waals surface area contributed by atoms with Crippen molar-refractivity contribution in [3.05, 3.63) is 93.0 Å². The monoisotopic (exact) mass is 491 g/mol. The average molecular weight is 492 g/mol. The lowest BCUT2D eigenvalue weighted by molar-refractivity contribution is -0.113. The van der Waals surface area contributed by atoms with Crippen LogP contribution in [0.4, 0.5) is 5.13 Å². The average Bonchev–Trinajstić information content (AvgIpc) is 3.40. The lowest BCUT2D eigenvalue weighted by atomic mass is 10.2. The third-order valence-corrected chi connectivity index (χ3v) is 6.63. The molecule has 5 rings (SSSR count). The molecule has 0 atom stereocenters. The zero-order valence-corrected chi connectivity index (χ0v) is 19.2. The van der Waals surface area contributed by atoms with Crippen LogP contribution < -0.4 is 16.6 Å². The molecule has 170 valence electrons. The molecule has 12 heteroatoms. The summed E-state index contributed by atoms with van der Waals surface area (Å²) in [6.45, 7) is 0. The molecular weight excluding hydrogens is 474 g/mol. The molecule has 0 aliphatic carbocycles. The molecule has 0 saturated carbocycles. The van der Waals surface area contributed by atoms with Crippen molar-refractivity contribution in [3.8, 4) is 5.69 Å². The Bertz CT molecular complexity index is 1530. The van der Waals surface area contributed by atoms with Crippen LogP contribution in [0.15, 0.2) is 75.4 Å². The molecule has 0 bridgehead atoms. The second-order valence-corrected chi connectivity index (χ2v) is 9.16. The number of fused-ring (bicyclic) bond motifs is 1. The van der Waals surface area contributed by atoms with E-state index in [4.69, 9.17) is 0 Å². The highest BCUT2D eigenvalue weighted by molar-refractivity contribution is 7.99. The molecule has 0 radical (unpaired) electrons. The van der Waals surface area contributed by atoms with E-state index in [-0.39, 0.29) is 18.1 Å². The number of benzene rings is 2. The van der Waals surface area contributed by atoms with Gasteiger partial charge < -0.3 is 10.3 Å². The quantitative estimate of drug-likeness (QED) is 0.297. The van der Waals surface area contributed by atoms with Gasteiger partial charge in [0.2, 0.25) is 5.91 Å². The molecular formula is C22H17N7O3S2. The third kappa shape index (κ3) is 4.82. The number of aromatic amines is 2. The number of thioether (sulfide) groups is 1. The van der Waals surface area contributed by atoms with Crippen LogP contribution in [0.25, 0.3) is 15.9 Å². The van der Waals surface area contributed by atoms with Crippen LogP contribution in [-0.2, 0) is 11.2 Å². The second-order valence-electron chi connectivity index (χ2n) is 7.18. The third-order valence-electron chi connectivity index (χ3n) is 4.75. The van der Waals surface area contributed by atoms with Crippen molar-refractivity contribution in [2.75, 3.05) is 11.1 Å². The molecule has 0 aliphatic rings. The van der Waals surface area contributed by atoms with E-state index < -0.39 is 11.2 Å². The van der Waals surface area contributed by atoms with Crippen LogP contribution in [0.2, 0.25) is 0 Å². The summed E-state index contributed by atoms with van der Waals surface area (Å²) < 4.78 is 2.80. The van der Waals surface area contributed by atoms with Gasteiger partial charge in [-0.2, -0.15) is 0 Å². The molecule has 10 nitrogen and oxygen atoms in total. The molecule has 3 N–H and O–H groups in total. The van der Waals surface area contributed by atoms with Crippen LogP contribution in [0, 0.1) is 0 Å². The molecule has 0 fully saturated rings. The summed E-state index contributed by atoms with van der Waals surface area (Å²) in [5.74, 6) is 0.400. The van der Waals surface area contributed by atoms with E-state index in [2.05, 4.69) is 30.5 Å². The van der Waals surface area contributed by atoms with E-state index in [1.54, 1.807) is 4.57 Å². The van der Waals surface area contributed by atoms with Crippen molar-refractivity contribution in [1.82, 2.24) is 29.7 Å². The number of H-pyrrole nitrogens is 2. The zero-order valence-electron chi connectivity index (χ0n) is 17.5. The van der Waals surface area contributed by atoms with Gasteiger partial charge in [0.25, 0.3) is 5.56 Å². The maximum atomic E-state index is 12.6. The number of carbonyl (C=O) groups is 1. The Morgan fingerprint density at radius 1 is 1.03 bits per heavy atom. The second kappa shape index (κ2) is 9.45. The first-order valence-corrected chi connectivity index (χ1v) is 12.0. The standard InChI is InChI=1S/C22H17N7O3S2/c30-18-11-13(23-20(32)25-18)10-17-27-28-22(29(17)14-6-2-1-3-7-14)33-12-19(31)26-21-24-15-8-4-5-9-16(15)34-21/h1-9,11H,10,12H2,(H,24,26,31)(H2,23,25,30,32). The van der Waals surface area contributed by atoms with Crippen molar-refractivity contribution >= 4 is 44.4 Å². The fourth-order valence-electron chi connectivity index (χ4n) is 3.34. The highest BCUT2D eigenvalue weighted by Gasteiger charge is 2.17. The number of amides is 1. The largest absolute Gasteiger partial charge is 0.325 e. The maximum Gasteiger partial charge on any atom is 0.325 e. The Morgan fingerprint density at radius 2 is 1.82 bits per heavy atom. The van der Waals surface area contributed by atoms with Gasteiger partial charge >= 0.3 is 5.69 Å². The number of nitrogens with zero attached hydrogens (tertiary/aromatic N) is 4. The topological polar surface area (TPSA) is 138 Å². The summed E-state index contributed by atoms with van der Waals surface area (Å²) in [6, 6.07) is 18.4. The van der Waals surface area contributed by atoms with Gasteiger partial charge in [-0.15, -0.1) is 10.2 Å². The number of anilines is 1. The Hall–Kier alpha value is -4.03. The number of carbonyl (C=O) groups excluding carboxylic acids is 1. The SMILES string of the molecule is O=C(CSc1nnc(Cc2cc(=O)[nH]c(=O)[nH]2)n1-c1ccccc1)Nc1nc2ccccc2s1. The summed E-state index contributed by atoms with van der Waals surface area (Å²) in [5.41, 5.74) is 0.953. The van der Waals surface area contributed by atoms with Gasteiger partial charge in [0.05, 0.1) is 16.0 Å². The number of thiazole rings is 1. The molecule has 3 aromatic heterocycles. The highest BCUT2D eigenvalue weighted by atomic mass is 32.2. The fraction of sp³-hybridized carbons (Fsp3) is 0.0909. The van der Waals surface area contributed by atoms with Gasteiger partial charge in [-0.1, -0.05) is 53.4 Å². The first-order chi connectivity index (χ1) is 16.5. The fourth-order valence-corrected chi connectivity index (χ4v) is 4.99. The number of rotatable bonds is 7. The summed E-state index contributed by atoms with van der Waals surface area (Å²) in [7, 11) is 0. The lowest BCUT2D eigenvalue weighted by Crippen LogP contribution is -2.23. The minimum atomic E-state index is -0.589. The van der Waals surface area contributed by atoms with Crippen LogP contribution >= 0.6 is 23.1 Å². The normalized spacial score (nSPS) is 11.1. The Kier molecular flexibility index (Phi) is 6.06. The minimum Gasteiger partial charge on any atom is -0.311 e. The van der Waals surface area contributed by atoms with Gasteiger partial charge in [-0.3, -0.25) is 19.1 Å². The molecule has 0 spiro atoms. The van der Waals surface area contributed by atoms with Crippen molar-refractivity contribution in [3.63, 3.8) is 0 Å². The Labute approximate surface area is 200 Å². The first kappa shape index (κ1) is 21.8. The van der Waals surface area contributed by atoms with Crippen LogP contribution in [0.5, 0.6) is 0 Å². The van der Waals surface area contributed by atoms with E-state index in [9.17, 15) is 14.4 Å². The van der Waals surface area contributed by atoms with Gasteiger partial charge in [0.15, 0.2) is 10.3 Å². The first-order valence-electron chi connectivity index (χ1n) is 10.2. The van der Waals surface area contributed by atoms with Gasteiger partial charge in [-0.25, -0.2) is 9.78 Å². The van der Waals surface area contributed by atoms with Crippen molar-refractivity contribution in [1.29, 1.82) is 0 Å². The molecule has 0 saturated heterocycles. The molecule has 5 aromatic rings. The number of nitrogens with one attached hydrogen (secondary N) is 3. The molecule has 0 aliphatic heterocycles. The van der Waals surface area contributed by atoms with E-state index in [0.29, 0.717) is 21.8 Å². The van der Waals surface area contributed by atoms with Gasteiger partial charge in [-0.05, 0) is 24.3 Å². The molecule has 0 unspecified atom stereocenters. The molecule has 2 aromatic carbocycles. The summed E-state index contributed by atoms with van der Waals surface area (Å²) >= 11 is 2.64. The highest BCUT2D eigenvalue weighted by Crippen LogP contribution is 2.26. The van der Waals surface area contributed by atoms with Crippen LogP contribution in [0.3, 0.4) is 0 Å². The number of aromatic nitrogens is 6. The maximum absolute atomic E-state index is 12.6. The van der Waals surface area contributed by atoms with E-state index >= 15 is 0 Å². The Morgan fingerprint density at radius 3 is 2.62 bits per heavy atom. The molecule has 1 amide bonds. The predicted octanol–water partition coefficient (Wildman–Crippen LogP) is 2.58. The summed E-state index contributed by atoms with van der Waals surface area (Å²) in [6.07, 6.45) is 0.180. The van der Waals surface area contributed by atoms with Crippen molar-refractivity contribution in [2.45, 2.75) is 11.6 Å². The van der Waals surface area contributed by atoms with E-state index in [1.165, 1.54) is 29.2 Å². The minimum absolute atomic E-state index is 0.0999. The van der Waals surface area contributed by atoms with Gasteiger partial charge in [0.1, 0.15) is 5.82 Å². The number of hydrogen-bond acceptors (Lipinski definition) is 8. The van der Waals surface area contributed by atoms with Crippen LogP contribution in [0.1, 0.15) is 11.5 Å². The molecule has 3 heterocycles. The van der Waals surface area contributed by atoms with Crippen LogP contribution in [-0.4, -0.2) is 41.4 Å². The molecule has 34 heavy (non-hydrogen) atoms. The van der Waals surface area contributed by atoms with Crippen molar-refractivity contribution in [2.24, 2.45) is 0 Å². The number of para-hydroxylation sites is 2. The summed E-state index contributed by atoms with van der Waals surface area (Å²) in [5, 5.41) is 12.4. The Balaban J connectivity index is 1.37.